The summed E-state index contributed by atoms with van der Waals surface area (Å²) in [5.41, 5.74) is 0.413. The molecule has 0 fully saturated rings. The second kappa shape index (κ2) is 8.11. The Bertz CT molecular complexity index is 832. The maximum Gasteiger partial charge on any atom is 0.416 e. The van der Waals surface area contributed by atoms with E-state index in [0.717, 1.165) is 12.1 Å². The van der Waals surface area contributed by atoms with Crippen LogP contribution in [0.2, 0.25) is 0 Å². The number of carbonyl (C=O) groups is 2. The molecule has 0 saturated carbocycles. The quantitative estimate of drug-likeness (QED) is 0.803. The average molecular weight is 381 g/mol. The molecule has 2 rings (SSSR count). The summed E-state index contributed by atoms with van der Waals surface area (Å²) >= 11 is 0. The van der Waals surface area contributed by atoms with E-state index in [0.29, 0.717) is 11.1 Å². The molecule has 0 saturated heterocycles. The van der Waals surface area contributed by atoms with Gasteiger partial charge in [-0.1, -0.05) is 18.2 Å². The minimum Gasteiger partial charge on any atom is -0.496 e. The smallest absolute Gasteiger partial charge is 0.416 e. The van der Waals surface area contributed by atoms with E-state index in [9.17, 15) is 22.8 Å². The lowest BCUT2D eigenvalue weighted by atomic mass is 10.0. The van der Waals surface area contributed by atoms with Crippen LogP contribution in [0.3, 0.4) is 0 Å². The lowest BCUT2D eigenvalue weighted by Gasteiger charge is -2.15. The van der Waals surface area contributed by atoms with Crippen molar-refractivity contribution in [3.63, 3.8) is 0 Å². The van der Waals surface area contributed by atoms with Crippen molar-refractivity contribution in [3.05, 3.63) is 53.6 Å². The minimum atomic E-state index is -4.42. The van der Waals surface area contributed by atoms with Gasteiger partial charge >= 0.3 is 12.1 Å². The number of carbonyl (C=O) groups excluding carboxylic acids is 2. The first-order valence-electron chi connectivity index (χ1n) is 7.91. The number of rotatable bonds is 5. The molecule has 0 spiro atoms. The largest absolute Gasteiger partial charge is 0.496 e. The van der Waals surface area contributed by atoms with Crippen LogP contribution in [0.5, 0.6) is 5.75 Å². The summed E-state index contributed by atoms with van der Waals surface area (Å²) in [4.78, 5) is 24.0. The summed E-state index contributed by atoms with van der Waals surface area (Å²) in [5.74, 6) is -0.917. The normalized spacial score (nSPS) is 12.2. The maximum absolute atomic E-state index is 12.7. The zero-order valence-corrected chi connectivity index (χ0v) is 14.9. The molecule has 144 valence electrons. The lowest BCUT2D eigenvalue weighted by Crippen LogP contribution is -2.39. The first kappa shape index (κ1) is 20.3. The second-order valence-corrected chi connectivity index (χ2v) is 5.71. The number of halogens is 3. The topological polar surface area (TPSA) is 64.6 Å². The van der Waals surface area contributed by atoms with Crippen LogP contribution in [0.1, 0.15) is 22.8 Å². The van der Waals surface area contributed by atoms with E-state index >= 15 is 0 Å². The van der Waals surface area contributed by atoms with E-state index < -0.39 is 29.7 Å². The third kappa shape index (κ3) is 4.78. The van der Waals surface area contributed by atoms with Gasteiger partial charge in [0.05, 0.1) is 25.3 Å². The Hall–Kier alpha value is -3.03. The average Bonchev–Trinajstić information content (AvgIpc) is 2.66. The van der Waals surface area contributed by atoms with Crippen molar-refractivity contribution in [2.24, 2.45) is 0 Å². The van der Waals surface area contributed by atoms with Gasteiger partial charge in [0, 0.05) is 0 Å². The molecule has 27 heavy (non-hydrogen) atoms. The van der Waals surface area contributed by atoms with E-state index in [1.165, 1.54) is 45.4 Å². The van der Waals surface area contributed by atoms with Crippen LogP contribution in [0, 0.1) is 0 Å². The third-order valence-electron chi connectivity index (χ3n) is 3.89. The van der Waals surface area contributed by atoms with Crippen molar-refractivity contribution < 1.29 is 32.2 Å². The summed E-state index contributed by atoms with van der Waals surface area (Å²) in [5, 5.41) is 2.49. The van der Waals surface area contributed by atoms with Crippen LogP contribution in [-0.2, 0) is 15.7 Å². The highest BCUT2D eigenvalue weighted by Crippen LogP contribution is 2.32. The fourth-order valence-corrected chi connectivity index (χ4v) is 2.43. The fourth-order valence-electron chi connectivity index (χ4n) is 2.43. The molecule has 0 aliphatic carbocycles. The van der Waals surface area contributed by atoms with Gasteiger partial charge in [0.2, 0.25) is 0 Å². The Labute approximate surface area is 154 Å². The number of methoxy groups -OCH3 is 2. The van der Waals surface area contributed by atoms with Crippen molar-refractivity contribution in [1.82, 2.24) is 5.32 Å². The van der Waals surface area contributed by atoms with Gasteiger partial charge in [-0.05, 0) is 42.3 Å². The Morgan fingerprint density at radius 1 is 1.00 bits per heavy atom. The number of hydrogen-bond donors (Lipinski definition) is 1. The molecular formula is C19H18F3NO4. The SMILES string of the molecule is COC(=O)C(C)NC(=O)c1cc(-c2ccc(C(F)(F)F)cc2)ccc1OC. The molecule has 0 aliphatic heterocycles. The van der Waals surface area contributed by atoms with Gasteiger partial charge in [-0.2, -0.15) is 13.2 Å². The van der Waals surface area contributed by atoms with E-state index in [4.69, 9.17) is 4.74 Å². The van der Waals surface area contributed by atoms with Crippen LogP contribution in [0.15, 0.2) is 42.5 Å². The Kier molecular flexibility index (Phi) is 6.09. The molecular weight excluding hydrogens is 363 g/mol. The number of esters is 1. The Morgan fingerprint density at radius 3 is 2.11 bits per heavy atom. The first-order valence-corrected chi connectivity index (χ1v) is 7.91. The van der Waals surface area contributed by atoms with Crippen LogP contribution < -0.4 is 10.1 Å². The van der Waals surface area contributed by atoms with Crippen LogP contribution in [0.4, 0.5) is 13.2 Å². The van der Waals surface area contributed by atoms with Crippen molar-refractivity contribution in [2.75, 3.05) is 14.2 Å². The number of nitrogens with one attached hydrogen (secondary N) is 1. The molecule has 2 aromatic carbocycles. The molecule has 0 aliphatic rings. The third-order valence-corrected chi connectivity index (χ3v) is 3.89. The predicted octanol–water partition coefficient (Wildman–Crippen LogP) is 3.67. The molecule has 5 nitrogen and oxygen atoms in total. The maximum atomic E-state index is 12.7. The standard InChI is InChI=1S/C19H18F3NO4/c1-11(18(25)27-3)23-17(24)15-10-13(6-9-16(15)26-2)12-4-7-14(8-5-12)19(20,21)22/h4-11H,1-3H3,(H,23,24). The Morgan fingerprint density at radius 2 is 1.59 bits per heavy atom. The fraction of sp³-hybridized carbons (Fsp3) is 0.263. The number of alkyl halides is 3. The van der Waals surface area contributed by atoms with Gasteiger partial charge in [-0.15, -0.1) is 0 Å². The molecule has 1 amide bonds. The van der Waals surface area contributed by atoms with Gasteiger partial charge in [0.15, 0.2) is 0 Å². The highest BCUT2D eigenvalue weighted by Gasteiger charge is 2.30. The highest BCUT2D eigenvalue weighted by molar-refractivity contribution is 6.00. The van der Waals surface area contributed by atoms with Gasteiger partial charge in [0.25, 0.3) is 5.91 Å². The first-order chi connectivity index (χ1) is 12.7. The minimum absolute atomic E-state index is 0.144. The monoisotopic (exact) mass is 381 g/mol. The number of ether oxygens (including phenoxy) is 2. The summed E-state index contributed by atoms with van der Waals surface area (Å²) in [6.07, 6.45) is -4.42. The van der Waals surface area contributed by atoms with Crippen LogP contribution in [-0.4, -0.2) is 32.1 Å². The van der Waals surface area contributed by atoms with Crippen molar-refractivity contribution in [1.29, 1.82) is 0 Å². The molecule has 0 bridgehead atoms. The van der Waals surface area contributed by atoms with Crippen LogP contribution in [0.25, 0.3) is 11.1 Å². The molecule has 0 radical (unpaired) electrons. The van der Waals surface area contributed by atoms with E-state index in [2.05, 4.69) is 10.1 Å². The van der Waals surface area contributed by atoms with E-state index in [-0.39, 0.29) is 11.3 Å². The lowest BCUT2D eigenvalue weighted by molar-refractivity contribution is -0.142. The van der Waals surface area contributed by atoms with E-state index in [1.54, 1.807) is 6.07 Å². The molecule has 1 N–H and O–H groups in total. The summed E-state index contributed by atoms with van der Waals surface area (Å²) < 4.78 is 47.8. The van der Waals surface area contributed by atoms with Gasteiger partial charge in [-0.25, -0.2) is 4.79 Å². The summed E-state index contributed by atoms with van der Waals surface area (Å²) in [6.45, 7) is 1.47. The molecule has 0 aromatic heterocycles. The number of hydrogen-bond acceptors (Lipinski definition) is 4. The van der Waals surface area contributed by atoms with Crippen LogP contribution >= 0.6 is 0 Å². The van der Waals surface area contributed by atoms with Crippen molar-refractivity contribution >= 4 is 11.9 Å². The summed E-state index contributed by atoms with van der Waals surface area (Å²) in [6, 6.07) is 8.36. The van der Waals surface area contributed by atoms with Crippen molar-refractivity contribution in [3.8, 4) is 16.9 Å². The molecule has 2 aromatic rings. The highest BCUT2D eigenvalue weighted by atomic mass is 19.4. The zero-order chi connectivity index (χ0) is 20.2. The Balaban J connectivity index is 2.34. The molecule has 8 heteroatoms. The summed E-state index contributed by atoms with van der Waals surface area (Å²) in [7, 11) is 2.59. The van der Waals surface area contributed by atoms with Gasteiger partial charge < -0.3 is 14.8 Å². The molecule has 1 unspecified atom stereocenters. The van der Waals surface area contributed by atoms with E-state index in [1.807, 2.05) is 0 Å². The number of amides is 1. The predicted molar refractivity (Wildman–Crippen MR) is 92.4 cm³/mol. The van der Waals surface area contributed by atoms with Gasteiger partial charge in [0.1, 0.15) is 11.8 Å². The zero-order valence-electron chi connectivity index (χ0n) is 14.9. The molecule has 1 atom stereocenters. The van der Waals surface area contributed by atoms with Gasteiger partial charge in [-0.3, -0.25) is 4.79 Å². The second-order valence-electron chi connectivity index (χ2n) is 5.71. The number of benzene rings is 2. The molecule has 0 heterocycles. The van der Waals surface area contributed by atoms with Crippen molar-refractivity contribution in [2.45, 2.75) is 19.1 Å².